The van der Waals surface area contributed by atoms with Gasteiger partial charge in [0.2, 0.25) is 5.91 Å². The number of ether oxygens (including phenoxy) is 1. The molecule has 2 heterocycles. The van der Waals surface area contributed by atoms with Gasteiger partial charge < -0.3 is 30.5 Å². The van der Waals surface area contributed by atoms with Crippen molar-refractivity contribution in [3.63, 3.8) is 0 Å². The number of aliphatic hydroxyl groups is 2. The molecule has 25 heavy (non-hydrogen) atoms. The number of hydrogen-bond donors (Lipinski definition) is 4. The fourth-order valence-corrected chi connectivity index (χ4v) is 2.68. The molecule has 0 bridgehead atoms. The average Bonchev–Trinajstić information content (AvgIpc) is 2.84. The second-order valence-corrected chi connectivity index (χ2v) is 6.50. The predicted molar refractivity (Wildman–Crippen MR) is 92.8 cm³/mol. The zero-order valence-electron chi connectivity index (χ0n) is 14.8. The van der Waals surface area contributed by atoms with E-state index < -0.39 is 24.4 Å². The third-order valence-corrected chi connectivity index (χ3v) is 4.11. The molecule has 8 nitrogen and oxygen atoms in total. The van der Waals surface area contributed by atoms with Crippen molar-refractivity contribution < 1.29 is 19.7 Å². The fourth-order valence-electron chi connectivity index (χ4n) is 2.68. The van der Waals surface area contributed by atoms with Crippen LogP contribution in [0, 0.1) is 0 Å². The lowest BCUT2D eigenvalue weighted by Crippen LogP contribution is -2.38. The molecule has 1 aliphatic heterocycles. The van der Waals surface area contributed by atoms with Crippen molar-refractivity contribution in [1.29, 1.82) is 0 Å². The van der Waals surface area contributed by atoms with E-state index in [1.54, 1.807) is 6.20 Å². The third-order valence-electron chi connectivity index (χ3n) is 4.11. The number of pyridine rings is 1. The van der Waals surface area contributed by atoms with E-state index in [0.29, 0.717) is 19.6 Å². The van der Waals surface area contributed by atoms with Crippen molar-refractivity contribution in [2.24, 2.45) is 0 Å². The number of hydrogen-bond acceptors (Lipinski definition) is 7. The van der Waals surface area contributed by atoms with E-state index in [2.05, 4.69) is 15.6 Å². The Balaban J connectivity index is 1.73. The maximum absolute atomic E-state index is 11.9. The van der Waals surface area contributed by atoms with Crippen LogP contribution < -0.4 is 10.6 Å². The molecule has 0 spiro atoms. The van der Waals surface area contributed by atoms with Gasteiger partial charge in [-0.15, -0.1) is 0 Å². The topological polar surface area (TPSA) is 107 Å². The number of nitrogens with zero attached hydrogens (tertiary/aromatic N) is 2. The lowest BCUT2D eigenvalue weighted by atomic mass is 10.1. The molecule has 1 aromatic heterocycles. The van der Waals surface area contributed by atoms with E-state index in [1.807, 2.05) is 37.2 Å². The first-order valence-electron chi connectivity index (χ1n) is 8.51. The molecule has 0 radical (unpaired) electrons. The number of rotatable bonds is 9. The average molecular weight is 352 g/mol. The minimum absolute atomic E-state index is 0.0302. The minimum atomic E-state index is -1.07. The maximum atomic E-state index is 11.9. The van der Waals surface area contributed by atoms with Gasteiger partial charge in [-0.05, 0) is 26.2 Å². The van der Waals surface area contributed by atoms with E-state index in [1.165, 1.54) is 0 Å². The Labute approximate surface area is 148 Å². The first-order valence-corrected chi connectivity index (χ1v) is 8.51. The summed E-state index contributed by atoms with van der Waals surface area (Å²) in [6, 6.07) is 5.64. The summed E-state index contributed by atoms with van der Waals surface area (Å²) < 4.78 is 5.67. The van der Waals surface area contributed by atoms with Gasteiger partial charge >= 0.3 is 0 Å². The van der Waals surface area contributed by atoms with Crippen LogP contribution >= 0.6 is 0 Å². The van der Waals surface area contributed by atoms with E-state index >= 15 is 0 Å². The fraction of sp³-hybridized carbons (Fsp3) is 0.647. The van der Waals surface area contributed by atoms with Crippen LogP contribution in [-0.4, -0.2) is 84.1 Å². The zero-order chi connectivity index (χ0) is 18.2. The summed E-state index contributed by atoms with van der Waals surface area (Å²) >= 11 is 0. The summed E-state index contributed by atoms with van der Waals surface area (Å²) in [5, 5.41) is 26.2. The molecule has 140 valence electrons. The summed E-state index contributed by atoms with van der Waals surface area (Å²) in [5.41, 5.74) is 0.882. The van der Waals surface area contributed by atoms with Crippen LogP contribution in [0.5, 0.6) is 0 Å². The molecule has 4 atom stereocenters. The first kappa shape index (κ1) is 19.7. The van der Waals surface area contributed by atoms with E-state index in [-0.39, 0.29) is 12.3 Å². The van der Waals surface area contributed by atoms with Crippen LogP contribution in [0.2, 0.25) is 0 Å². The molecular formula is C17H28N4O4. The molecule has 1 fully saturated rings. The third kappa shape index (κ3) is 6.33. The van der Waals surface area contributed by atoms with Gasteiger partial charge in [0.15, 0.2) is 0 Å². The van der Waals surface area contributed by atoms with Crippen molar-refractivity contribution in [3.05, 3.63) is 30.1 Å². The highest BCUT2D eigenvalue weighted by Gasteiger charge is 2.42. The Hall–Kier alpha value is -1.58. The molecule has 1 aromatic rings. The van der Waals surface area contributed by atoms with Gasteiger partial charge in [-0.3, -0.25) is 9.78 Å². The van der Waals surface area contributed by atoms with Gasteiger partial charge in [0.25, 0.3) is 0 Å². The SMILES string of the molecule is CN(C)CCNC(=O)C[C@H]1O[C@H](CNCc2ccccn2)[C@@H](O)[C@H]1O. The van der Waals surface area contributed by atoms with Crippen molar-refractivity contribution in [2.45, 2.75) is 37.4 Å². The highest BCUT2D eigenvalue weighted by molar-refractivity contribution is 5.76. The van der Waals surface area contributed by atoms with Gasteiger partial charge in [0, 0.05) is 32.4 Å². The highest BCUT2D eigenvalue weighted by Crippen LogP contribution is 2.23. The van der Waals surface area contributed by atoms with Crippen LogP contribution in [0.4, 0.5) is 0 Å². The second kappa shape index (κ2) is 9.79. The summed E-state index contributed by atoms with van der Waals surface area (Å²) in [7, 11) is 3.85. The van der Waals surface area contributed by atoms with Crippen molar-refractivity contribution in [3.8, 4) is 0 Å². The molecule has 0 aromatic carbocycles. The largest absolute Gasteiger partial charge is 0.388 e. The van der Waals surface area contributed by atoms with E-state index in [9.17, 15) is 15.0 Å². The van der Waals surface area contributed by atoms with Gasteiger partial charge in [-0.1, -0.05) is 6.07 Å². The molecule has 0 saturated carbocycles. The molecule has 4 N–H and O–H groups in total. The monoisotopic (exact) mass is 352 g/mol. The Kier molecular flexibility index (Phi) is 7.73. The number of amides is 1. The summed E-state index contributed by atoms with van der Waals surface area (Å²) in [6.07, 6.45) is -1.60. The van der Waals surface area contributed by atoms with Crippen molar-refractivity contribution >= 4 is 5.91 Å². The van der Waals surface area contributed by atoms with Crippen molar-refractivity contribution in [1.82, 2.24) is 20.5 Å². The number of carbonyl (C=O) groups excluding carboxylic acids is 1. The lowest BCUT2D eigenvalue weighted by Gasteiger charge is -2.15. The minimum Gasteiger partial charge on any atom is -0.388 e. The van der Waals surface area contributed by atoms with Crippen LogP contribution in [0.3, 0.4) is 0 Å². The van der Waals surface area contributed by atoms with Crippen molar-refractivity contribution in [2.75, 3.05) is 33.7 Å². The molecule has 0 unspecified atom stereocenters. The molecule has 1 amide bonds. The Morgan fingerprint density at radius 2 is 2.04 bits per heavy atom. The van der Waals surface area contributed by atoms with Gasteiger partial charge in [-0.2, -0.15) is 0 Å². The first-order chi connectivity index (χ1) is 12.0. The quantitative estimate of drug-likeness (QED) is 0.439. The van der Waals surface area contributed by atoms with Gasteiger partial charge in [0.1, 0.15) is 12.2 Å². The number of carbonyl (C=O) groups is 1. The lowest BCUT2D eigenvalue weighted by molar-refractivity contribution is -0.125. The standard InChI is InChI=1S/C17H28N4O4/c1-21(2)8-7-20-15(22)9-13-16(23)17(24)14(25-13)11-18-10-12-5-3-4-6-19-12/h3-6,13-14,16-18,23-24H,7-11H2,1-2H3,(H,20,22)/t13-,14-,16+,17-/m1/s1. The Morgan fingerprint density at radius 1 is 1.28 bits per heavy atom. The maximum Gasteiger partial charge on any atom is 0.222 e. The summed E-state index contributed by atoms with van der Waals surface area (Å²) in [6.45, 7) is 2.18. The smallest absolute Gasteiger partial charge is 0.222 e. The number of nitrogens with one attached hydrogen (secondary N) is 2. The summed E-state index contributed by atoms with van der Waals surface area (Å²) in [5.74, 6) is -0.194. The highest BCUT2D eigenvalue weighted by atomic mass is 16.5. The van der Waals surface area contributed by atoms with Crippen LogP contribution in [0.25, 0.3) is 0 Å². The van der Waals surface area contributed by atoms with Gasteiger partial charge in [-0.25, -0.2) is 0 Å². The second-order valence-electron chi connectivity index (χ2n) is 6.50. The van der Waals surface area contributed by atoms with Gasteiger partial charge in [0.05, 0.1) is 24.3 Å². The zero-order valence-corrected chi connectivity index (χ0v) is 14.8. The molecule has 2 rings (SSSR count). The van der Waals surface area contributed by atoms with Crippen LogP contribution in [0.15, 0.2) is 24.4 Å². The molecule has 1 aliphatic rings. The molecular weight excluding hydrogens is 324 g/mol. The summed E-state index contributed by atoms with van der Waals surface area (Å²) in [4.78, 5) is 18.1. The predicted octanol–water partition coefficient (Wildman–Crippen LogP) is -1.27. The Bertz CT molecular complexity index is 529. The number of aliphatic hydroxyl groups excluding tert-OH is 2. The number of likely N-dealkylation sites (N-methyl/N-ethyl adjacent to an activating group) is 1. The van der Waals surface area contributed by atoms with E-state index in [0.717, 1.165) is 12.2 Å². The molecule has 0 aliphatic carbocycles. The molecule has 1 saturated heterocycles. The Morgan fingerprint density at radius 3 is 2.72 bits per heavy atom. The van der Waals surface area contributed by atoms with E-state index in [4.69, 9.17) is 4.74 Å². The van der Waals surface area contributed by atoms with Crippen LogP contribution in [0.1, 0.15) is 12.1 Å². The molecule has 8 heteroatoms. The van der Waals surface area contributed by atoms with Crippen LogP contribution in [-0.2, 0) is 16.1 Å². The number of aromatic nitrogens is 1. The normalized spacial score (nSPS) is 26.1.